The summed E-state index contributed by atoms with van der Waals surface area (Å²) in [7, 11) is -3.99. The second-order valence-electron chi connectivity index (χ2n) is 5.64. The molecule has 0 radical (unpaired) electrons. The van der Waals surface area contributed by atoms with Gasteiger partial charge < -0.3 is 8.92 Å². The van der Waals surface area contributed by atoms with Crippen LogP contribution >= 0.6 is 11.6 Å². The zero-order valence-electron chi connectivity index (χ0n) is 12.0. The van der Waals surface area contributed by atoms with Crippen molar-refractivity contribution >= 4 is 21.7 Å². The van der Waals surface area contributed by atoms with Crippen LogP contribution in [-0.2, 0) is 16.5 Å². The van der Waals surface area contributed by atoms with Gasteiger partial charge in [0, 0.05) is 12.0 Å². The molecule has 0 fully saturated rings. The van der Waals surface area contributed by atoms with Crippen molar-refractivity contribution in [3.8, 4) is 11.5 Å². The molecule has 0 bridgehead atoms. The van der Waals surface area contributed by atoms with E-state index in [1.165, 1.54) is 12.1 Å². The first-order chi connectivity index (χ1) is 10.3. The topological polar surface area (TPSA) is 65.5 Å². The van der Waals surface area contributed by atoms with E-state index in [4.69, 9.17) is 20.5 Å². The van der Waals surface area contributed by atoms with Crippen molar-refractivity contribution in [2.45, 2.75) is 30.8 Å². The van der Waals surface area contributed by atoms with Crippen molar-refractivity contribution < 1.29 is 17.3 Å². The number of benzene rings is 1. The fourth-order valence-corrected chi connectivity index (χ4v) is 3.32. The first kappa shape index (κ1) is 15.1. The third kappa shape index (κ3) is 2.89. The van der Waals surface area contributed by atoms with Gasteiger partial charge in [0.05, 0.1) is 6.20 Å². The molecular weight excluding hydrogens is 326 g/mol. The largest absolute Gasteiger partial charge is 0.483 e. The van der Waals surface area contributed by atoms with E-state index in [0.717, 1.165) is 11.8 Å². The third-order valence-electron chi connectivity index (χ3n) is 3.24. The minimum atomic E-state index is -3.99. The van der Waals surface area contributed by atoms with E-state index in [0.29, 0.717) is 12.2 Å². The number of ether oxygens (including phenoxy) is 1. The van der Waals surface area contributed by atoms with Gasteiger partial charge in [-0.05, 0) is 32.0 Å². The number of hydrogen-bond donors (Lipinski definition) is 0. The third-order valence-corrected chi connectivity index (χ3v) is 4.68. The van der Waals surface area contributed by atoms with E-state index in [1.54, 1.807) is 12.1 Å². The molecule has 0 N–H and O–H groups in total. The van der Waals surface area contributed by atoms with Crippen LogP contribution in [0.2, 0.25) is 5.15 Å². The number of aromatic nitrogens is 1. The first-order valence-electron chi connectivity index (χ1n) is 6.64. The molecule has 0 atom stereocenters. The molecule has 5 nitrogen and oxygen atoms in total. The Labute approximate surface area is 134 Å². The highest BCUT2D eigenvalue weighted by molar-refractivity contribution is 7.87. The van der Waals surface area contributed by atoms with Crippen LogP contribution in [0.3, 0.4) is 0 Å². The SMILES string of the molecule is CC1(C)Cc2cccc(OS(=O)(=O)c3ccc(Cl)nc3)c2O1. The second-order valence-corrected chi connectivity index (χ2v) is 7.57. The number of fused-ring (bicyclic) bond motifs is 1. The molecule has 0 spiro atoms. The summed E-state index contributed by atoms with van der Waals surface area (Å²) in [6.45, 7) is 3.88. The van der Waals surface area contributed by atoms with Gasteiger partial charge in [0.25, 0.3) is 0 Å². The van der Waals surface area contributed by atoms with Gasteiger partial charge >= 0.3 is 10.1 Å². The van der Waals surface area contributed by atoms with Gasteiger partial charge in [-0.3, -0.25) is 0 Å². The molecule has 2 aromatic rings. The van der Waals surface area contributed by atoms with Crippen molar-refractivity contribution in [3.63, 3.8) is 0 Å². The Bertz CT molecular complexity index is 816. The van der Waals surface area contributed by atoms with E-state index in [2.05, 4.69) is 4.98 Å². The lowest BCUT2D eigenvalue weighted by molar-refractivity contribution is 0.136. The van der Waals surface area contributed by atoms with Crippen LogP contribution in [0.5, 0.6) is 11.5 Å². The highest BCUT2D eigenvalue weighted by atomic mass is 35.5. The van der Waals surface area contributed by atoms with Crippen LogP contribution in [0.15, 0.2) is 41.4 Å². The van der Waals surface area contributed by atoms with Crippen molar-refractivity contribution in [2.75, 3.05) is 0 Å². The Balaban J connectivity index is 1.95. The van der Waals surface area contributed by atoms with E-state index < -0.39 is 10.1 Å². The molecule has 0 unspecified atom stereocenters. The molecule has 0 amide bonds. The normalized spacial score (nSPS) is 16.0. The number of hydrogen-bond acceptors (Lipinski definition) is 5. The Morgan fingerprint density at radius 3 is 2.73 bits per heavy atom. The summed E-state index contributed by atoms with van der Waals surface area (Å²) < 4.78 is 35.7. The van der Waals surface area contributed by atoms with Gasteiger partial charge in [-0.1, -0.05) is 23.7 Å². The average Bonchev–Trinajstić information content (AvgIpc) is 2.74. The fraction of sp³-hybridized carbons (Fsp3) is 0.267. The maximum Gasteiger partial charge on any atom is 0.340 e. The van der Waals surface area contributed by atoms with Gasteiger partial charge in [0.15, 0.2) is 11.5 Å². The van der Waals surface area contributed by atoms with Crippen molar-refractivity contribution in [1.29, 1.82) is 0 Å². The number of para-hydroxylation sites is 1. The summed E-state index contributed by atoms with van der Waals surface area (Å²) in [5, 5.41) is 0.213. The lowest BCUT2D eigenvalue weighted by Crippen LogP contribution is -2.24. The summed E-state index contributed by atoms with van der Waals surface area (Å²) in [5.41, 5.74) is 0.542. The molecule has 7 heteroatoms. The molecule has 1 aliphatic heterocycles. The Hall–Kier alpha value is -1.79. The van der Waals surface area contributed by atoms with Gasteiger partial charge in [0.2, 0.25) is 0 Å². The second kappa shape index (κ2) is 5.14. The monoisotopic (exact) mass is 339 g/mol. The number of rotatable bonds is 3. The average molecular weight is 340 g/mol. The van der Waals surface area contributed by atoms with Gasteiger partial charge in [0.1, 0.15) is 15.6 Å². The molecule has 1 aromatic heterocycles. The van der Waals surface area contributed by atoms with Crippen molar-refractivity contribution in [1.82, 2.24) is 4.98 Å². The highest BCUT2D eigenvalue weighted by Gasteiger charge is 2.33. The summed E-state index contributed by atoms with van der Waals surface area (Å²) >= 11 is 5.66. The molecule has 1 aliphatic rings. The van der Waals surface area contributed by atoms with E-state index >= 15 is 0 Å². The quantitative estimate of drug-likeness (QED) is 0.634. The molecule has 1 aromatic carbocycles. The van der Waals surface area contributed by atoms with Crippen LogP contribution in [0.4, 0.5) is 0 Å². The van der Waals surface area contributed by atoms with E-state index in [9.17, 15) is 8.42 Å². The molecule has 3 rings (SSSR count). The number of nitrogens with zero attached hydrogens (tertiary/aromatic N) is 1. The summed E-state index contributed by atoms with van der Waals surface area (Å²) in [5.74, 6) is 0.649. The van der Waals surface area contributed by atoms with Crippen LogP contribution in [-0.4, -0.2) is 19.0 Å². The molecule has 0 saturated heterocycles. The van der Waals surface area contributed by atoms with Crippen molar-refractivity contribution in [3.05, 3.63) is 47.2 Å². The van der Waals surface area contributed by atoms with E-state index in [-0.39, 0.29) is 21.4 Å². The van der Waals surface area contributed by atoms with Gasteiger partial charge in [-0.15, -0.1) is 0 Å². The fourth-order valence-electron chi connectivity index (χ4n) is 2.33. The molecule has 0 saturated carbocycles. The van der Waals surface area contributed by atoms with Crippen LogP contribution in [0, 0.1) is 0 Å². The van der Waals surface area contributed by atoms with E-state index in [1.807, 2.05) is 19.9 Å². The first-order valence-corrected chi connectivity index (χ1v) is 8.42. The summed E-state index contributed by atoms with van der Waals surface area (Å²) in [6, 6.07) is 7.95. The smallest absolute Gasteiger partial charge is 0.340 e. The maximum absolute atomic E-state index is 12.3. The molecule has 2 heterocycles. The number of halogens is 1. The minimum absolute atomic E-state index is 0.0632. The van der Waals surface area contributed by atoms with Crippen LogP contribution in [0.25, 0.3) is 0 Å². The lowest BCUT2D eigenvalue weighted by Gasteiger charge is -2.18. The van der Waals surface area contributed by atoms with Crippen LogP contribution in [0.1, 0.15) is 19.4 Å². The maximum atomic E-state index is 12.3. The molecule has 22 heavy (non-hydrogen) atoms. The molecule has 0 aliphatic carbocycles. The van der Waals surface area contributed by atoms with Gasteiger partial charge in [-0.25, -0.2) is 4.98 Å². The zero-order valence-corrected chi connectivity index (χ0v) is 13.6. The summed E-state index contributed by atoms with van der Waals surface area (Å²) in [6.07, 6.45) is 1.85. The van der Waals surface area contributed by atoms with Gasteiger partial charge in [-0.2, -0.15) is 8.42 Å². The summed E-state index contributed by atoms with van der Waals surface area (Å²) in [4.78, 5) is 3.69. The molecular formula is C15H14ClNO4S. The Morgan fingerprint density at radius 1 is 1.27 bits per heavy atom. The number of pyridine rings is 1. The predicted molar refractivity (Wildman–Crippen MR) is 81.9 cm³/mol. The zero-order chi connectivity index (χ0) is 16.0. The van der Waals surface area contributed by atoms with Crippen molar-refractivity contribution in [2.24, 2.45) is 0 Å². The minimum Gasteiger partial charge on any atom is -0.483 e. The Kier molecular flexibility index (Phi) is 3.53. The predicted octanol–water partition coefficient (Wildman–Crippen LogP) is 3.22. The Morgan fingerprint density at radius 2 is 2.05 bits per heavy atom. The molecule has 116 valence electrons. The van der Waals surface area contributed by atoms with Crippen LogP contribution < -0.4 is 8.92 Å². The standard InChI is InChI=1S/C15H14ClNO4S/c1-15(2)8-10-4-3-5-12(14(10)20-15)21-22(18,19)11-6-7-13(16)17-9-11/h3-7,9H,8H2,1-2H3. The highest BCUT2D eigenvalue weighted by Crippen LogP contribution is 2.42. The lowest BCUT2D eigenvalue weighted by atomic mass is 10.0.